The molecule has 2 heterocycles. The highest BCUT2D eigenvalue weighted by atomic mass is 79.9. The summed E-state index contributed by atoms with van der Waals surface area (Å²) < 4.78 is 6.34. The van der Waals surface area contributed by atoms with Crippen molar-refractivity contribution in [1.29, 1.82) is 0 Å². The van der Waals surface area contributed by atoms with Crippen LogP contribution in [-0.2, 0) is 4.74 Å². The molecule has 0 aliphatic carbocycles. The number of aromatic nitrogens is 1. The van der Waals surface area contributed by atoms with Gasteiger partial charge in [-0.2, -0.15) is 0 Å². The van der Waals surface area contributed by atoms with Gasteiger partial charge in [-0.15, -0.1) is 0 Å². The monoisotopic (exact) mass is 268 g/mol. The average molecular weight is 269 g/mol. The summed E-state index contributed by atoms with van der Waals surface area (Å²) in [5.41, 5.74) is 0.799. The van der Waals surface area contributed by atoms with Crippen LogP contribution in [0.2, 0.25) is 0 Å². The van der Waals surface area contributed by atoms with Crippen molar-refractivity contribution < 1.29 is 4.74 Å². The molecule has 0 saturated carbocycles. The summed E-state index contributed by atoms with van der Waals surface area (Å²) in [5, 5.41) is 0. The highest BCUT2D eigenvalue weighted by molar-refractivity contribution is 9.10. The molecule has 0 fully saturated rings. The van der Waals surface area contributed by atoms with Gasteiger partial charge in [0.2, 0.25) is 5.90 Å². The number of nitrogens with zero attached hydrogens (tertiary/aromatic N) is 2. The Balaban J connectivity index is 2.22. The van der Waals surface area contributed by atoms with E-state index in [0.717, 1.165) is 10.3 Å². The van der Waals surface area contributed by atoms with Gasteiger partial charge in [0.15, 0.2) is 0 Å². The van der Waals surface area contributed by atoms with Crippen molar-refractivity contribution in [3.63, 3.8) is 0 Å². The van der Waals surface area contributed by atoms with E-state index in [9.17, 15) is 0 Å². The largest absolute Gasteiger partial charge is 0.474 e. The maximum Gasteiger partial charge on any atom is 0.235 e. The Morgan fingerprint density at radius 1 is 1.47 bits per heavy atom. The number of halogens is 1. The zero-order chi connectivity index (χ0) is 10.8. The van der Waals surface area contributed by atoms with E-state index >= 15 is 0 Å². The fourth-order valence-electron chi connectivity index (χ4n) is 1.40. The van der Waals surface area contributed by atoms with Gasteiger partial charge >= 0.3 is 0 Å². The van der Waals surface area contributed by atoms with Crippen molar-refractivity contribution in [2.45, 2.75) is 19.9 Å². The lowest BCUT2D eigenvalue weighted by atomic mass is 10.1. The minimum absolute atomic E-state index is 0.265. The molecule has 3 nitrogen and oxygen atoms in total. The fourth-order valence-corrected chi connectivity index (χ4v) is 1.74. The molecule has 0 radical (unpaired) electrons. The van der Waals surface area contributed by atoms with Gasteiger partial charge in [-0.25, -0.2) is 9.98 Å². The van der Waals surface area contributed by atoms with E-state index in [1.165, 1.54) is 0 Å². The Morgan fingerprint density at radius 2 is 2.27 bits per heavy atom. The van der Waals surface area contributed by atoms with E-state index in [1.54, 1.807) is 0 Å². The van der Waals surface area contributed by atoms with Crippen LogP contribution in [0.4, 0.5) is 0 Å². The summed E-state index contributed by atoms with van der Waals surface area (Å²) in [6, 6.07) is 5.99. The first-order chi connectivity index (χ1) is 7.16. The van der Waals surface area contributed by atoms with E-state index in [0.29, 0.717) is 18.4 Å². The minimum atomic E-state index is 0.265. The first-order valence-corrected chi connectivity index (χ1v) is 5.79. The summed E-state index contributed by atoms with van der Waals surface area (Å²) in [5.74, 6) is 1.17. The molecule has 0 spiro atoms. The number of hydrogen-bond donors (Lipinski definition) is 0. The van der Waals surface area contributed by atoms with Crippen LogP contribution in [0.1, 0.15) is 19.5 Å². The Bertz CT molecular complexity index is 390. The molecule has 1 aliphatic heterocycles. The topological polar surface area (TPSA) is 34.5 Å². The normalized spacial score (nSPS) is 20.3. The third-order valence-corrected chi connectivity index (χ3v) is 2.82. The predicted octanol–water partition coefficient (Wildman–Crippen LogP) is 2.65. The number of hydrogen-bond acceptors (Lipinski definition) is 3. The van der Waals surface area contributed by atoms with E-state index < -0.39 is 0 Å². The molecule has 4 heteroatoms. The van der Waals surface area contributed by atoms with Crippen molar-refractivity contribution in [1.82, 2.24) is 4.98 Å². The number of ether oxygens (including phenoxy) is 1. The summed E-state index contributed by atoms with van der Waals surface area (Å²) in [7, 11) is 0. The Morgan fingerprint density at radius 3 is 2.87 bits per heavy atom. The molecule has 2 rings (SSSR count). The van der Waals surface area contributed by atoms with Gasteiger partial charge in [0, 0.05) is 0 Å². The lowest BCUT2D eigenvalue weighted by Crippen LogP contribution is -2.13. The second kappa shape index (κ2) is 4.31. The highest BCUT2D eigenvalue weighted by Gasteiger charge is 2.23. The molecule has 0 saturated heterocycles. The maximum atomic E-state index is 5.53. The number of rotatable bonds is 2. The number of aliphatic imine (C=N–C) groups is 1. The van der Waals surface area contributed by atoms with Crippen LogP contribution in [0.5, 0.6) is 0 Å². The molecule has 0 bridgehead atoms. The molecular formula is C11H13BrN2O. The maximum absolute atomic E-state index is 5.53. The molecule has 0 amide bonds. The van der Waals surface area contributed by atoms with Crippen LogP contribution in [-0.4, -0.2) is 23.5 Å². The summed E-state index contributed by atoms with van der Waals surface area (Å²) in [4.78, 5) is 8.82. The van der Waals surface area contributed by atoms with Crippen LogP contribution in [0.15, 0.2) is 27.8 Å². The van der Waals surface area contributed by atoms with Crippen LogP contribution in [0.3, 0.4) is 0 Å². The summed E-state index contributed by atoms with van der Waals surface area (Å²) in [6.45, 7) is 4.96. The average Bonchev–Trinajstić information content (AvgIpc) is 2.66. The van der Waals surface area contributed by atoms with Gasteiger partial charge in [0.25, 0.3) is 0 Å². The molecule has 1 aliphatic rings. The Hall–Kier alpha value is -0.900. The van der Waals surface area contributed by atoms with Gasteiger partial charge < -0.3 is 4.74 Å². The van der Waals surface area contributed by atoms with Gasteiger partial charge in [-0.3, -0.25) is 0 Å². The standard InChI is InChI=1S/C11H13BrN2O/c1-7(2)9-6-15-11(14-9)8-4-3-5-10(12)13-8/h3-5,7,9H,6H2,1-2H3. The molecule has 0 N–H and O–H groups in total. The molecule has 1 aromatic rings. The second-order valence-electron chi connectivity index (χ2n) is 3.90. The molecule has 1 aromatic heterocycles. The molecule has 80 valence electrons. The third-order valence-electron chi connectivity index (χ3n) is 2.38. The van der Waals surface area contributed by atoms with Crippen LogP contribution in [0.25, 0.3) is 0 Å². The van der Waals surface area contributed by atoms with Gasteiger partial charge in [-0.05, 0) is 34.0 Å². The predicted molar refractivity (Wildman–Crippen MR) is 63.1 cm³/mol. The lowest BCUT2D eigenvalue weighted by molar-refractivity contribution is 0.291. The minimum Gasteiger partial charge on any atom is -0.474 e. The van der Waals surface area contributed by atoms with Gasteiger partial charge in [0.1, 0.15) is 16.9 Å². The third kappa shape index (κ3) is 2.37. The highest BCUT2D eigenvalue weighted by Crippen LogP contribution is 2.17. The first kappa shape index (κ1) is 10.6. The first-order valence-electron chi connectivity index (χ1n) is 5.00. The van der Waals surface area contributed by atoms with Crippen molar-refractivity contribution in [2.24, 2.45) is 10.9 Å². The quantitative estimate of drug-likeness (QED) is 0.773. The van der Waals surface area contributed by atoms with Crippen molar-refractivity contribution in [3.05, 3.63) is 28.5 Å². The Kier molecular flexibility index (Phi) is 3.05. The van der Waals surface area contributed by atoms with Crippen molar-refractivity contribution in [2.75, 3.05) is 6.61 Å². The van der Waals surface area contributed by atoms with Gasteiger partial charge in [0.05, 0.1) is 6.04 Å². The molecular weight excluding hydrogens is 256 g/mol. The zero-order valence-electron chi connectivity index (χ0n) is 8.77. The SMILES string of the molecule is CC(C)C1COC(c2cccc(Br)n2)=N1. The fraction of sp³-hybridized carbons (Fsp3) is 0.455. The zero-order valence-corrected chi connectivity index (χ0v) is 10.4. The van der Waals surface area contributed by atoms with E-state index in [2.05, 4.69) is 39.8 Å². The molecule has 1 atom stereocenters. The van der Waals surface area contributed by atoms with Crippen LogP contribution >= 0.6 is 15.9 Å². The number of pyridine rings is 1. The lowest BCUT2D eigenvalue weighted by Gasteiger charge is -2.06. The smallest absolute Gasteiger partial charge is 0.235 e. The molecule has 15 heavy (non-hydrogen) atoms. The van der Waals surface area contributed by atoms with Crippen LogP contribution < -0.4 is 0 Å². The summed E-state index contributed by atoms with van der Waals surface area (Å²) >= 11 is 3.33. The summed E-state index contributed by atoms with van der Waals surface area (Å²) in [6.07, 6.45) is 0. The second-order valence-corrected chi connectivity index (χ2v) is 4.71. The van der Waals surface area contributed by atoms with Crippen LogP contribution in [0, 0.1) is 5.92 Å². The van der Waals surface area contributed by atoms with E-state index in [-0.39, 0.29) is 6.04 Å². The van der Waals surface area contributed by atoms with E-state index in [1.807, 2.05) is 18.2 Å². The van der Waals surface area contributed by atoms with Gasteiger partial charge in [-0.1, -0.05) is 19.9 Å². The Labute approximate surface area is 97.7 Å². The molecule has 1 unspecified atom stereocenters. The van der Waals surface area contributed by atoms with E-state index in [4.69, 9.17) is 4.74 Å². The van der Waals surface area contributed by atoms with Crippen molar-refractivity contribution in [3.8, 4) is 0 Å². The molecule has 0 aromatic carbocycles. The van der Waals surface area contributed by atoms with Crippen molar-refractivity contribution >= 4 is 21.8 Å².